The van der Waals surface area contributed by atoms with Crippen molar-refractivity contribution in [1.29, 1.82) is 0 Å². The van der Waals surface area contributed by atoms with Crippen LogP contribution in [0.15, 0.2) is 60.7 Å². The van der Waals surface area contributed by atoms with Gasteiger partial charge >= 0.3 is 0 Å². The number of aromatic nitrogens is 1. The first kappa shape index (κ1) is 17.0. The molecular weight excluding hydrogens is 340 g/mol. The van der Waals surface area contributed by atoms with Crippen LogP contribution in [0.1, 0.15) is 34.9 Å². The van der Waals surface area contributed by atoms with Crippen molar-refractivity contribution in [2.45, 2.75) is 32.2 Å². The third-order valence-corrected chi connectivity index (χ3v) is 6.15. The summed E-state index contributed by atoms with van der Waals surface area (Å²) >= 11 is 1.72. The third kappa shape index (κ3) is 3.56. The van der Waals surface area contributed by atoms with Crippen LogP contribution >= 0.6 is 11.3 Å². The number of nitrogens with zero attached hydrogens (tertiary/aromatic N) is 1. The maximum Gasteiger partial charge on any atom is 0.224 e. The van der Waals surface area contributed by atoms with Gasteiger partial charge < -0.3 is 5.32 Å². The first-order chi connectivity index (χ1) is 12.7. The summed E-state index contributed by atoms with van der Waals surface area (Å²) in [5.41, 5.74) is 3.39. The van der Waals surface area contributed by atoms with Gasteiger partial charge in [-0.05, 0) is 37.5 Å². The molecule has 0 spiro atoms. The van der Waals surface area contributed by atoms with E-state index >= 15 is 0 Å². The molecule has 0 fully saturated rings. The summed E-state index contributed by atoms with van der Waals surface area (Å²) in [7, 11) is 0. The zero-order valence-electron chi connectivity index (χ0n) is 14.8. The van der Waals surface area contributed by atoms with Crippen molar-refractivity contribution in [3.05, 3.63) is 76.8 Å². The van der Waals surface area contributed by atoms with Crippen LogP contribution in [0.25, 0.3) is 10.2 Å². The lowest BCUT2D eigenvalue weighted by molar-refractivity contribution is -0.125. The van der Waals surface area contributed by atoms with Crippen LogP contribution in [0.5, 0.6) is 0 Å². The largest absolute Gasteiger partial charge is 0.352 e. The molecule has 1 amide bonds. The summed E-state index contributed by atoms with van der Waals surface area (Å²) in [6.45, 7) is 2.64. The first-order valence-electron chi connectivity index (χ1n) is 9.04. The monoisotopic (exact) mass is 362 g/mol. The third-order valence-electron chi connectivity index (χ3n) is 4.98. The molecule has 132 valence electrons. The number of fused-ring (bicyclic) bond motifs is 1. The summed E-state index contributed by atoms with van der Waals surface area (Å²) in [5, 5.41) is 4.20. The molecule has 26 heavy (non-hydrogen) atoms. The number of rotatable bonds is 4. The van der Waals surface area contributed by atoms with Crippen molar-refractivity contribution in [2.24, 2.45) is 5.92 Å². The van der Waals surface area contributed by atoms with Crippen LogP contribution in [0.2, 0.25) is 0 Å². The van der Waals surface area contributed by atoms with E-state index in [1.54, 1.807) is 11.3 Å². The average molecular weight is 362 g/mol. The maximum atomic E-state index is 12.9. The molecule has 3 nitrogen and oxygen atoms in total. The second-order valence-electron chi connectivity index (χ2n) is 6.88. The van der Waals surface area contributed by atoms with Crippen molar-refractivity contribution in [3.8, 4) is 0 Å². The number of aryl methyl sites for hydroxylation is 1. The zero-order chi connectivity index (χ0) is 17.9. The summed E-state index contributed by atoms with van der Waals surface area (Å²) in [5.74, 6) is 0.237. The number of thiazole rings is 1. The fourth-order valence-corrected chi connectivity index (χ4v) is 4.60. The Bertz CT molecular complexity index is 909. The quantitative estimate of drug-likeness (QED) is 0.666. The Kier molecular flexibility index (Phi) is 4.85. The standard InChI is InChI=1S/C22H22N2OS/c1-15-10-12-16(13-11-15)14-23-21(25)17-6-2-3-7-18(17)22-24-19-8-4-5-9-20(19)26-22/h2-5,8-13,17-18H,6-7,14H2,1H3,(H,23,25)/t17-,18-/m1/s1. The molecule has 1 heterocycles. The SMILES string of the molecule is Cc1ccc(CNC(=O)[C@@H]2CC=CC[C@H]2c2nc3ccccc3s2)cc1. The Morgan fingerprint density at radius 1 is 1.12 bits per heavy atom. The lowest BCUT2D eigenvalue weighted by Crippen LogP contribution is -2.34. The van der Waals surface area contributed by atoms with E-state index in [1.807, 2.05) is 18.2 Å². The number of hydrogen-bond acceptors (Lipinski definition) is 3. The Balaban J connectivity index is 1.50. The highest BCUT2D eigenvalue weighted by molar-refractivity contribution is 7.18. The van der Waals surface area contributed by atoms with E-state index in [9.17, 15) is 4.79 Å². The Hall–Kier alpha value is -2.46. The predicted molar refractivity (Wildman–Crippen MR) is 107 cm³/mol. The molecule has 1 aliphatic rings. The van der Waals surface area contributed by atoms with Crippen molar-refractivity contribution in [3.63, 3.8) is 0 Å². The Labute approximate surface area is 157 Å². The number of benzene rings is 2. The van der Waals surface area contributed by atoms with Gasteiger partial charge in [0.25, 0.3) is 0 Å². The second kappa shape index (κ2) is 7.42. The van der Waals surface area contributed by atoms with E-state index in [0.717, 1.165) is 28.9 Å². The second-order valence-corrected chi connectivity index (χ2v) is 7.94. The van der Waals surface area contributed by atoms with Crippen LogP contribution in [-0.4, -0.2) is 10.9 Å². The highest BCUT2D eigenvalue weighted by Gasteiger charge is 2.32. The lowest BCUT2D eigenvalue weighted by Gasteiger charge is -2.26. The van der Waals surface area contributed by atoms with Crippen LogP contribution in [0.3, 0.4) is 0 Å². The van der Waals surface area contributed by atoms with E-state index in [4.69, 9.17) is 4.98 Å². The number of amides is 1. The first-order valence-corrected chi connectivity index (χ1v) is 9.86. The minimum absolute atomic E-state index is 0.0500. The van der Waals surface area contributed by atoms with E-state index in [2.05, 4.69) is 54.7 Å². The minimum atomic E-state index is -0.0500. The number of carbonyl (C=O) groups excluding carboxylic acids is 1. The molecule has 2 atom stereocenters. The van der Waals surface area contributed by atoms with Crippen molar-refractivity contribution >= 4 is 27.5 Å². The summed E-state index contributed by atoms with van der Waals surface area (Å²) in [6, 6.07) is 16.5. The molecule has 2 aromatic carbocycles. The van der Waals surface area contributed by atoms with Crippen LogP contribution in [0.4, 0.5) is 0 Å². The van der Waals surface area contributed by atoms with Crippen molar-refractivity contribution in [2.75, 3.05) is 0 Å². The molecule has 4 heteroatoms. The van der Waals surface area contributed by atoms with Crippen molar-refractivity contribution in [1.82, 2.24) is 10.3 Å². The van der Waals surface area contributed by atoms with Gasteiger partial charge in [-0.2, -0.15) is 0 Å². The highest BCUT2D eigenvalue weighted by Crippen LogP contribution is 2.38. The van der Waals surface area contributed by atoms with E-state index in [-0.39, 0.29) is 17.7 Å². The maximum absolute atomic E-state index is 12.9. The number of nitrogens with one attached hydrogen (secondary N) is 1. The zero-order valence-corrected chi connectivity index (χ0v) is 15.6. The van der Waals surface area contributed by atoms with Gasteiger partial charge in [-0.15, -0.1) is 11.3 Å². The molecule has 0 unspecified atom stereocenters. The van der Waals surface area contributed by atoms with Gasteiger partial charge in [0.1, 0.15) is 0 Å². The molecule has 1 aromatic heterocycles. The minimum Gasteiger partial charge on any atom is -0.352 e. The van der Waals surface area contributed by atoms with E-state index in [0.29, 0.717) is 6.54 Å². The normalized spacial score (nSPS) is 19.6. The van der Waals surface area contributed by atoms with Crippen molar-refractivity contribution < 1.29 is 4.79 Å². The summed E-state index contributed by atoms with van der Waals surface area (Å²) < 4.78 is 1.19. The van der Waals surface area contributed by atoms with Gasteiger partial charge in [0.2, 0.25) is 5.91 Å². The number of carbonyl (C=O) groups is 1. The number of para-hydroxylation sites is 1. The van der Waals surface area contributed by atoms with Crippen LogP contribution in [0, 0.1) is 12.8 Å². The fraction of sp³-hybridized carbons (Fsp3) is 0.273. The molecule has 0 bridgehead atoms. The molecule has 3 aromatic rings. The molecule has 0 aliphatic heterocycles. The van der Waals surface area contributed by atoms with Gasteiger partial charge in [-0.1, -0.05) is 54.1 Å². The van der Waals surface area contributed by atoms with Gasteiger partial charge in [-0.3, -0.25) is 4.79 Å². The molecule has 0 radical (unpaired) electrons. The number of hydrogen-bond donors (Lipinski definition) is 1. The van der Waals surface area contributed by atoms with E-state index in [1.165, 1.54) is 10.3 Å². The number of allylic oxidation sites excluding steroid dienone is 2. The smallest absolute Gasteiger partial charge is 0.224 e. The van der Waals surface area contributed by atoms with Gasteiger partial charge in [-0.25, -0.2) is 4.98 Å². The molecule has 0 saturated heterocycles. The summed E-state index contributed by atoms with van der Waals surface area (Å²) in [4.78, 5) is 17.7. The summed E-state index contributed by atoms with van der Waals surface area (Å²) in [6.07, 6.45) is 5.96. The Morgan fingerprint density at radius 2 is 1.88 bits per heavy atom. The molecule has 1 aliphatic carbocycles. The average Bonchev–Trinajstić information content (AvgIpc) is 3.11. The van der Waals surface area contributed by atoms with Crippen LogP contribution in [-0.2, 0) is 11.3 Å². The van der Waals surface area contributed by atoms with E-state index < -0.39 is 0 Å². The van der Waals surface area contributed by atoms with Gasteiger partial charge in [0.15, 0.2) is 0 Å². The van der Waals surface area contributed by atoms with Gasteiger partial charge in [0.05, 0.1) is 21.1 Å². The topological polar surface area (TPSA) is 42.0 Å². The lowest BCUT2D eigenvalue weighted by atomic mass is 9.82. The molecule has 4 rings (SSSR count). The molecular formula is C22H22N2OS. The van der Waals surface area contributed by atoms with Gasteiger partial charge in [0, 0.05) is 12.5 Å². The van der Waals surface area contributed by atoms with Crippen LogP contribution < -0.4 is 5.32 Å². The molecule has 1 N–H and O–H groups in total. The highest BCUT2D eigenvalue weighted by atomic mass is 32.1. The Morgan fingerprint density at radius 3 is 2.69 bits per heavy atom. The molecule has 0 saturated carbocycles. The predicted octanol–water partition coefficient (Wildman–Crippen LogP) is 4.97. The fourth-order valence-electron chi connectivity index (χ4n) is 3.45.